The van der Waals surface area contributed by atoms with E-state index in [4.69, 9.17) is 18.9 Å². The van der Waals surface area contributed by atoms with E-state index in [0.29, 0.717) is 4.28 Å². The first-order valence-electron chi connectivity index (χ1n) is 2.55. The Morgan fingerprint density at radius 3 is 1.09 bits per heavy atom. The van der Waals surface area contributed by atoms with E-state index in [2.05, 4.69) is 37.1 Å². The van der Waals surface area contributed by atoms with E-state index in [1.54, 1.807) is 0 Å². The van der Waals surface area contributed by atoms with Gasteiger partial charge in [-0.2, -0.15) is 0 Å². The maximum absolute atomic E-state index is 8.46. The van der Waals surface area contributed by atoms with Crippen molar-refractivity contribution in [1.82, 2.24) is 0 Å². The normalized spacial score (nSPS) is 9.36. The van der Waals surface area contributed by atoms with Crippen molar-refractivity contribution in [3.63, 3.8) is 0 Å². The second kappa shape index (κ2) is 13.3. The van der Waals surface area contributed by atoms with Crippen molar-refractivity contribution < 1.29 is 18.9 Å². The fourth-order valence-corrected chi connectivity index (χ4v) is 0. The van der Waals surface area contributed by atoms with Crippen LogP contribution < -0.4 is 0 Å². The summed E-state index contributed by atoms with van der Waals surface area (Å²) in [6, 6.07) is 0. The van der Waals surface area contributed by atoms with Gasteiger partial charge in [-0.15, -0.1) is 0 Å². The molecule has 0 aliphatic heterocycles. The van der Waals surface area contributed by atoms with Gasteiger partial charge in [-0.3, -0.25) is 0 Å². The largest absolute Gasteiger partial charge is 0.324 e. The van der Waals surface area contributed by atoms with Crippen molar-refractivity contribution in [3.05, 3.63) is 0 Å². The fraction of sp³-hybridized carbons (Fsp3) is 1.00. The zero-order valence-electron chi connectivity index (χ0n) is 6.68. The van der Waals surface area contributed by atoms with Gasteiger partial charge in [0.2, 0.25) is 0 Å². The molecule has 0 radical (unpaired) electrons. The second-order valence-electron chi connectivity index (χ2n) is 2.53. The molecular formula is C4H11AlO4P2+2. The van der Waals surface area contributed by atoms with Crippen LogP contribution in [-0.4, -0.2) is 26.1 Å². The molecule has 2 N–H and O–H groups in total. The summed E-state index contributed by atoms with van der Waals surface area (Å²) in [6.45, 7) is 6.45. The van der Waals surface area contributed by atoms with Gasteiger partial charge >= 0.3 is 58.7 Å². The first kappa shape index (κ1) is 17.7. The van der Waals surface area contributed by atoms with Crippen LogP contribution >= 0.6 is 17.4 Å². The van der Waals surface area contributed by atoms with Crippen LogP contribution in [0.2, 0.25) is 4.28 Å². The number of hydrogen-bond donors (Lipinski definition) is 2. The quantitative estimate of drug-likeness (QED) is 0.473. The molecule has 0 fully saturated rings. The molecule has 11 heavy (non-hydrogen) atoms. The van der Waals surface area contributed by atoms with Gasteiger partial charge in [-0.25, -0.2) is 9.13 Å². The smallest absolute Gasteiger partial charge is 0.310 e. The standard InChI is InChI=1S/C4H9.Al.2HO2P/c1-4(2)3;;2*1-3-2/h1-3H3;;2*(H,1,2)/q;+2;;. The maximum atomic E-state index is 8.46. The third-order valence-electron chi connectivity index (χ3n) is 0. The van der Waals surface area contributed by atoms with Gasteiger partial charge in [0.05, 0.1) is 0 Å². The molecule has 0 aromatic rings. The summed E-state index contributed by atoms with van der Waals surface area (Å²) in [5.74, 6) is 0. The predicted molar refractivity (Wildman–Crippen MR) is 45.1 cm³/mol. The molecule has 7 heteroatoms. The minimum absolute atomic E-state index is 0.417. The van der Waals surface area contributed by atoms with Gasteiger partial charge in [0.1, 0.15) is 0 Å². The van der Waals surface area contributed by atoms with Gasteiger partial charge in [0, 0.05) is 0 Å². The predicted octanol–water partition coefficient (Wildman–Crippen LogP) is 1.74. The Morgan fingerprint density at radius 2 is 1.09 bits per heavy atom. The average molecular weight is 212 g/mol. The Balaban J connectivity index is -0.0000000933. The molecule has 0 amide bonds. The van der Waals surface area contributed by atoms with E-state index in [1.807, 2.05) is 0 Å². The summed E-state index contributed by atoms with van der Waals surface area (Å²) < 4.78 is 17.3. The molecule has 0 bridgehead atoms. The topological polar surface area (TPSA) is 74.6 Å². The Labute approximate surface area is 78.0 Å². The molecule has 0 aliphatic carbocycles. The molecule has 0 aromatic heterocycles. The minimum Gasteiger partial charge on any atom is -0.310 e. The van der Waals surface area contributed by atoms with E-state index in [9.17, 15) is 0 Å². The third kappa shape index (κ3) is 1870. The number of rotatable bonds is 0. The Morgan fingerprint density at radius 1 is 1.09 bits per heavy atom. The summed E-state index contributed by atoms with van der Waals surface area (Å²) in [6.07, 6.45) is 0. The van der Waals surface area contributed by atoms with Gasteiger partial charge in [-0.1, -0.05) is 0 Å². The molecule has 0 spiro atoms. The van der Waals surface area contributed by atoms with Crippen molar-refractivity contribution in [2.45, 2.75) is 25.0 Å². The van der Waals surface area contributed by atoms with Crippen LogP contribution in [0.4, 0.5) is 0 Å². The monoisotopic (exact) mass is 212 g/mol. The zero-order valence-corrected chi connectivity index (χ0v) is 9.63. The van der Waals surface area contributed by atoms with E-state index in [-0.39, 0.29) is 0 Å². The first-order chi connectivity index (χ1) is 4.83. The summed E-state index contributed by atoms with van der Waals surface area (Å²) in [5.41, 5.74) is 0. The summed E-state index contributed by atoms with van der Waals surface area (Å²) in [4.78, 5) is 14.0. The van der Waals surface area contributed by atoms with Crippen molar-refractivity contribution in [2.75, 3.05) is 0 Å². The van der Waals surface area contributed by atoms with E-state index >= 15 is 0 Å². The number of hydrogen-bond acceptors (Lipinski definition) is 2. The fourth-order valence-electron chi connectivity index (χ4n) is 0. The van der Waals surface area contributed by atoms with Crippen molar-refractivity contribution in [2.24, 2.45) is 0 Å². The van der Waals surface area contributed by atoms with Crippen LogP contribution in [0.25, 0.3) is 0 Å². The molecule has 0 saturated heterocycles. The molecule has 62 valence electrons. The second-order valence-corrected chi connectivity index (χ2v) is 4.59. The van der Waals surface area contributed by atoms with Gasteiger partial charge in [-0.05, 0) is 0 Å². The third-order valence-corrected chi connectivity index (χ3v) is 0. The molecule has 0 unspecified atom stereocenters. The molecule has 0 rings (SSSR count). The summed E-state index contributed by atoms with van der Waals surface area (Å²) >= 11 is 2.72. The molecule has 0 heterocycles. The average Bonchev–Trinajstić information content (AvgIpc) is 1.62. The Hall–Kier alpha value is 0.652. The van der Waals surface area contributed by atoms with Crippen LogP contribution in [-0.2, 0) is 9.13 Å². The van der Waals surface area contributed by atoms with E-state index < -0.39 is 17.4 Å². The SMILES string of the molecule is C[C](C)(C)[Al+2].O=PO.O=PO. The molecular weight excluding hydrogens is 201 g/mol. The molecule has 0 saturated carbocycles. The van der Waals surface area contributed by atoms with Gasteiger partial charge < -0.3 is 9.79 Å². The van der Waals surface area contributed by atoms with Gasteiger partial charge in [0.15, 0.2) is 0 Å². The van der Waals surface area contributed by atoms with Crippen molar-refractivity contribution >= 4 is 33.7 Å². The van der Waals surface area contributed by atoms with E-state index in [1.165, 1.54) is 0 Å². The molecule has 4 nitrogen and oxygen atoms in total. The Bertz CT molecular complexity index is 80.6. The zero-order chi connectivity index (χ0) is 9.91. The van der Waals surface area contributed by atoms with E-state index in [0.717, 1.165) is 0 Å². The van der Waals surface area contributed by atoms with Crippen LogP contribution in [0.15, 0.2) is 0 Å². The van der Waals surface area contributed by atoms with Crippen LogP contribution in [0, 0.1) is 0 Å². The van der Waals surface area contributed by atoms with Crippen molar-refractivity contribution in [1.29, 1.82) is 0 Å². The van der Waals surface area contributed by atoms with Crippen LogP contribution in [0.5, 0.6) is 0 Å². The summed E-state index contributed by atoms with van der Waals surface area (Å²) in [5, 5.41) is 0. The minimum atomic E-state index is -0.833. The van der Waals surface area contributed by atoms with Crippen molar-refractivity contribution in [3.8, 4) is 0 Å². The van der Waals surface area contributed by atoms with Crippen LogP contribution in [0.3, 0.4) is 0 Å². The van der Waals surface area contributed by atoms with Gasteiger partial charge in [0.25, 0.3) is 0 Å². The summed E-state index contributed by atoms with van der Waals surface area (Å²) in [7, 11) is -1.67. The van der Waals surface area contributed by atoms with Crippen LogP contribution in [0.1, 0.15) is 20.8 Å². The molecule has 0 atom stereocenters. The maximum Gasteiger partial charge on any atom is 0.324 e. The first-order valence-corrected chi connectivity index (χ1v) is 4.66. The molecule has 0 aliphatic rings. The molecule has 0 aromatic carbocycles. The Kier molecular flexibility index (Phi) is 21.3.